The molecule has 0 aromatic carbocycles. The molecule has 1 aromatic heterocycles. The van der Waals surface area contributed by atoms with Crippen molar-refractivity contribution >= 4 is 17.2 Å². The van der Waals surface area contributed by atoms with Gasteiger partial charge in [0.05, 0.1) is 6.04 Å². The lowest BCUT2D eigenvalue weighted by atomic mass is 9.96. The van der Waals surface area contributed by atoms with E-state index in [0.29, 0.717) is 24.3 Å². The summed E-state index contributed by atoms with van der Waals surface area (Å²) < 4.78 is 0. The molecule has 1 aliphatic heterocycles. The van der Waals surface area contributed by atoms with Crippen molar-refractivity contribution in [1.82, 2.24) is 4.90 Å². The first-order chi connectivity index (χ1) is 9.76. The molecule has 0 radical (unpaired) electrons. The van der Waals surface area contributed by atoms with Gasteiger partial charge in [-0.05, 0) is 60.5 Å². The largest absolute Gasteiger partial charge is 0.336 e. The number of hydrogen-bond donors (Lipinski definition) is 1. The number of thiophene rings is 1. The first-order valence-electron chi connectivity index (χ1n) is 7.77. The van der Waals surface area contributed by atoms with Crippen LogP contribution in [0.2, 0.25) is 0 Å². The highest BCUT2D eigenvalue weighted by Gasteiger charge is 2.29. The molecule has 0 aliphatic carbocycles. The maximum atomic E-state index is 12.5. The molecule has 4 heteroatoms. The van der Waals surface area contributed by atoms with E-state index >= 15 is 0 Å². The van der Waals surface area contributed by atoms with Crippen molar-refractivity contribution in [2.75, 3.05) is 13.1 Å². The molecule has 2 unspecified atom stereocenters. The van der Waals surface area contributed by atoms with Gasteiger partial charge in [-0.3, -0.25) is 4.79 Å². The van der Waals surface area contributed by atoms with Crippen LogP contribution in [0.25, 0.3) is 0 Å². The van der Waals surface area contributed by atoms with Crippen molar-refractivity contribution in [3.05, 3.63) is 22.4 Å². The Kier molecular flexibility index (Phi) is 6.05. The fourth-order valence-electron chi connectivity index (χ4n) is 3.14. The second kappa shape index (κ2) is 7.79. The summed E-state index contributed by atoms with van der Waals surface area (Å²) in [4.78, 5) is 14.6. The van der Waals surface area contributed by atoms with E-state index in [2.05, 4.69) is 28.7 Å². The minimum absolute atomic E-state index is 0.323. The molecule has 0 bridgehead atoms. The SMILES string of the molecule is CCC(CCN)CCC(=O)N1CCCC1c1ccsc1. The second-order valence-corrected chi connectivity index (χ2v) is 6.47. The van der Waals surface area contributed by atoms with E-state index < -0.39 is 0 Å². The zero-order chi connectivity index (χ0) is 14.4. The molecule has 112 valence electrons. The van der Waals surface area contributed by atoms with E-state index in [1.54, 1.807) is 11.3 Å². The molecule has 20 heavy (non-hydrogen) atoms. The predicted molar refractivity (Wildman–Crippen MR) is 84.7 cm³/mol. The molecule has 1 saturated heterocycles. The molecule has 1 aromatic rings. The van der Waals surface area contributed by atoms with Gasteiger partial charge in [0.15, 0.2) is 0 Å². The third-order valence-electron chi connectivity index (χ3n) is 4.42. The molecule has 1 fully saturated rings. The summed E-state index contributed by atoms with van der Waals surface area (Å²) in [5.41, 5.74) is 6.94. The topological polar surface area (TPSA) is 46.3 Å². The Bertz CT molecular complexity index is 405. The number of carbonyl (C=O) groups is 1. The van der Waals surface area contributed by atoms with E-state index in [4.69, 9.17) is 5.73 Å². The fourth-order valence-corrected chi connectivity index (χ4v) is 3.84. The lowest BCUT2D eigenvalue weighted by Gasteiger charge is -2.25. The first-order valence-corrected chi connectivity index (χ1v) is 8.72. The molecule has 2 N–H and O–H groups in total. The Hall–Kier alpha value is -0.870. The zero-order valence-electron chi connectivity index (χ0n) is 12.4. The van der Waals surface area contributed by atoms with Gasteiger partial charge in [-0.1, -0.05) is 13.3 Å². The van der Waals surface area contributed by atoms with E-state index in [9.17, 15) is 4.79 Å². The summed E-state index contributed by atoms with van der Waals surface area (Å²) in [6.07, 6.45) is 6.07. The van der Waals surface area contributed by atoms with Crippen molar-refractivity contribution in [1.29, 1.82) is 0 Å². The average Bonchev–Trinajstić information content (AvgIpc) is 3.12. The van der Waals surface area contributed by atoms with E-state index in [-0.39, 0.29) is 0 Å². The summed E-state index contributed by atoms with van der Waals surface area (Å²) in [5.74, 6) is 0.931. The van der Waals surface area contributed by atoms with Crippen LogP contribution in [-0.2, 0) is 4.79 Å². The Morgan fingerprint density at radius 3 is 3.05 bits per heavy atom. The molecular weight excluding hydrogens is 268 g/mol. The lowest BCUT2D eigenvalue weighted by molar-refractivity contribution is -0.132. The number of nitrogens with zero attached hydrogens (tertiary/aromatic N) is 1. The van der Waals surface area contributed by atoms with Gasteiger partial charge in [-0.25, -0.2) is 0 Å². The molecule has 1 aliphatic rings. The van der Waals surface area contributed by atoms with Crippen LogP contribution in [0.3, 0.4) is 0 Å². The van der Waals surface area contributed by atoms with Crippen molar-refractivity contribution in [2.24, 2.45) is 11.7 Å². The molecule has 0 saturated carbocycles. The molecule has 2 atom stereocenters. The maximum absolute atomic E-state index is 12.5. The van der Waals surface area contributed by atoms with Gasteiger partial charge in [-0.2, -0.15) is 11.3 Å². The van der Waals surface area contributed by atoms with E-state index in [0.717, 1.165) is 45.2 Å². The smallest absolute Gasteiger partial charge is 0.223 e. The Labute approximate surface area is 126 Å². The monoisotopic (exact) mass is 294 g/mol. The van der Waals surface area contributed by atoms with Gasteiger partial charge in [0.25, 0.3) is 0 Å². The van der Waals surface area contributed by atoms with Crippen molar-refractivity contribution in [3.63, 3.8) is 0 Å². The minimum atomic E-state index is 0.323. The number of amides is 1. The highest BCUT2D eigenvalue weighted by atomic mass is 32.1. The number of rotatable bonds is 7. The van der Waals surface area contributed by atoms with Crippen molar-refractivity contribution < 1.29 is 4.79 Å². The summed E-state index contributed by atoms with van der Waals surface area (Å²) in [7, 11) is 0. The van der Waals surface area contributed by atoms with E-state index in [1.807, 2.05) is 0 Å². The van der Waals surface area contributed by atoms with Crippen LogP contribution in [0.5, 0.6) is 0 Å². The number of nitrogens with two attached hydrogens (primary N) is 1. The third kappa shape index (κ3) is 3.83. The minimum Gasteiger partial charge on any atom is -0.336 e. The van der Waals surface area contributed by atoms with Crippen LogP contribution in [-0.4, -0.2) is 23.9 Å². The Morgan fingerprint density at radius 1 is 1.55 bits per heavy atom. The van der Waals surface area contributed by atoms with E-state index in [1.165, 1.54) is 5.56 Å². The molecule has 3 nitrogen and oxygen atoms in total. The van der Waals surface area contributed by atoms with Crippen LogP contribution in [0, 0.1) is 5.92 Å². The average molecular weight is 294 g/mol. The van der Waals surface area contributed by atoms with Gasteiger partial charge in [-0.15, -0.1) is 0 Å². The zero-order valence-corrected chi connectivity index (χ0v) is 13.2. The first kappa shape index (κ1) is 15.5. The normalized spacial score (nSPS) is 20.3. The lowest BCUT2D eigenvalue weighted by Crippen LogP contribution is -2.30. The summed E-state index contributed by atoms with van der Waals surface area (Å²) in [5, 5.41) is 4.28. The van der Waals surface area contributed by atoms with Gasteiger partial charge in [0.2, 0.25) is 5.91 Å². The van der Waals surface area contributed by atoms with Crippen molar-refractivity contribution in [2.45, 2.75) is 51.5 Å². The van der Waals surface area contributed by atoms with Gasteiger partial charge < -0.3 is 10.6 Å². The molecule has 1 amide bonds. The second-order valence-electron chi connectivity index (χ2n) is 5.69. The number of hydrogen-bond acceptors (Lipinski definition) is 3. The van der Waals surface area contributed by atoms with Crippen LogP contribution in [0.1, 0.15) is 57.1 Å². The standard InChI is InChI=1S/C16H26N2OS/c1-2-13(7-9-17)5-6-16(19)18-10-3-4-15(18)14-8-11-20-12-14/h8,11-13,15H,2-7,9-10,17H2,1H3. The van der Waals surface area contributed by atoms with Crippen LogP contribution >= 0.6 is 11.3 Å². The fraction of sp³-hybridized carbons (Fsp3) is 0.688. The molecule has 0 spiro atoms. The summed E-state index contributed by atoms with van der Waals surface area (Å²) >= 11 is 1.72. The van der Waals surface area contributed by atoms with Crippen LogP contribution < -0.4 is 5.73 Å². The predicted octanol–water partition coefficient (Wildman–Crippen LogP) is 3.57. The van der Waals surface area contributed by atoms with Crippen LogP contribution in [0.15, 0.2) is 16.8 Å². The highest BCUT2D eigenvalue weighted by molar-refractivity contribution is 7.07. The molecule has 2 rings (SSSR count). The van der Waals surface area contributed by atoms with Gasteiger partial charge >= 0.3 is 0 Å². The molecular formula is C16H26N2OS. The maximum Gasteiger partial charge on any atom is 0.223 e. The molecule has 2 heterocycles. The summed E-state index contributed by atoms with van der Waals surface area (Å²) in [6, 6.07) is 2.48. The van der Waals surface area contributed by atoms with Gasteiger partial charge in [0, 0.05) is 13.0 Å². The Morgan fingerprint density at radius 2 is 2.40 bits per heavy atom. The number of carbonyl (C=O) groups excluding carboxylic acids is 1. The van der Waals surface area contributed by atoms with Gasteiger partial charge in [0.1, 0.15) is 0 Å². The Balaban J connectivity index is 1.88. The highest BCUT2D eigenvalue weighted by Crippen LogP contribution is 2.33. The van der Waals surface area contributed by atoms with Crippen LogP contribution in [0.4, 0.5) is 0 Å². The quantitative estimate of drug-likeness (QED) is 0.835. The number of likely N-dealkylation sites (tertiary alicyclic amines) is 1. The third-order valence-corrected chi connectivity index (χ3v) is 5.12. The van der Waals surface area contributed by atoms with Crippen molar-refractivity contribution in [3.8, 4) is 0 Å². The summed E-state index contributed by atoms with van der Waals surface area (Å²) in [6.45, 7) is 3.84.